The number of halogens is 1. The molecule has 0 unspecified atom stereocenters. The first-order valence-corrected chi connectivity index (χ1v) is 5.93. The predicted octanol–water partition coefficient (Wildman–Crippen LogP) is 2.51. The van der Waals surface area contributed by atoms with E-state index in [2.05, 4.69) is 11.4 Å². The van der Waals surface area contributed by atoms with Gasteiger partial charge in [0.05, 0.1) is 11.4 Å². The number of thioether (sulfide) groups is 1. The van der Waals surface area contributed by atoms with Gasteiger partial charge in [-0.3, -0.25) is 4.79 Å². The number of nitrogens with one attached hydrogen (secondary N) is 1. The molecule has 0 saturated carbocycles. The average Bonchev–Trinajstić information content (AvgIpc) is 2.17. The van der Waals surface area contributed by atoms with Gasteiger partial charge in [0.15, 0.2) is 0 Å². The number of anilines is 1. The Morgan fingerprint density at radius 2 is 2.36 bits per heavy atom. The number of alkyl halides is 1. The van der Waals surface area contributed by atoms with E-state index < -0.39 is 0 Å². The zero-order valence-electron chi connectivity index (χ0n) is 7.55. The van der Waals surface area contributed by atoms with E-state index in [4.69, 9.17) is 11.6 Å². The molecule has 1 aromatic rings. The van der Waals surface area contributed by atoms with Crippen molar-refractivity contribution in [3.8, 4) is 0 Å². The van der Waals surface area contributed by atoms with Crippen LogP contribution < -0.4 is 5.32 Å². The van der Waals surface area contributed by atoms with Crippen molar-refractivity contribution in [1.29, 1.82) is 0 Å². The molecule has 1 amide bonds. The zero-order chi connectivity index (χ0) is 9.97. The van der Waals surface area contributed by atoms with E-state index in [1.54, 1.807) is 11.8 Å². The summed E-state index contributed by atoms with van der Waals surface area (Å²) < 4.78 is 0. The minimum absolute atomic E-state index is 0.0746. The predicted molar refractivity (Wildman–Crippen MR) is 60.2 cm³/mol. The van der Waals surface area contributed by atoms with E-state index in [0.29, 0.717) is 11.6 Å². The van der Waals surface area contributed by atoms with Gasteiger partial charge in [-0.15, -0.1) is 23.4 Å². The average molecular weight is 228 g/mol. The first kappa shape index (κ1) is 9.87. The van der Waals surface area contributed by atoms with Gasteiger partial charge in [-0.2, -0.15) is 0 Å². The fourth-order valence-electron chi connectivity index (χ4n) is 1.39. The topological polar surface area (TPSA) is 29.1 Å². The maximum atomic E-state index is 11.1. The Balaban J connectivity index is 2.28. The van der Waals surface area contributed by atoms with E-state index in [9.17, 15) is 4.79 Å². The summed E-state index contributed by atoms with van der Waals surface area (Å²) in [7, 11) is 0. The van der Waals surface area contributed by atoms with Crippen LogP contribution in [0.1, 0.15) is 5.56 Å². The molecule has 4 heteroatoms. The fraction of sp³-hybridized carbons (Fsp3) is 0.300. The monoisotopic (exact) mass is 227 g/mol. The highest BCUT2D eigenvalue weighted by atomic mass is 35.5. The summed E-state index contributed by atoms with van der Waals surface area (Å²) in [4.78, 5) is 12.3. The summed E-state index contributed by atoms with van der Waals surface area (Å²) >= 11 is 7.23. The number of benzene rings is 1. The number of fused-ring (bicyclic) bond motifs is 1. The minimum atomic E-state index is 0.0746. The molecular formula is C10H10ClNOS. The molecule has 0 saturated heterocycles. The summed E-state index contributed by atoms with van der Waals surface area (Å²) in [6.07, 6.45) is 0.843. The van der Waals surface area contributed by atoms with Crippen LogP contribution in [0.15, 0.2) is 23.1 Å². The molecule has 1 aliphatic heterocycles. The lowest BCUT2D eigenvalue weighted by Crippen LogP contribution is -2.18. The second kappa shape index (κ2) is 4.24. The van der Waals surface area contributed by atoms with Crippen LogP contribution in [0.2, 0.25) is 0 Å². The molecule has 14 heavy (non-hydrogen) atoms. The lowest BCUT2D eigenvalue weighted by atomic mass is 10.1. The third-order valence-corrected chi connectivity index (χ3v) is 3.32. The van der Waals surface area contributed by atoms with Crippen LogP contribution in [0.3, 0.4) is 0 Å². The smallest absolute Gasteiger partial charge is 0.234 e. The van der Waals surface area contributed by atoms with Crippen molar-refractivity contribution < 1.29 is 4.79 Å². The zero-order valence-corrected chi connectivity index (χ0v) is 9.12. The molecule has 0 atom stereocenters. The number of rotatable bonds is 2. The summed E-state index contributed by atoms with van der Waals surface area (Å²) in [6, 6.07) is 6.11. The standard InChI is InChI=1S/C10H10ClNOS/c11-4-3-7-1-2-9-8(5-7)12-10(13)6-14-9/h1-2,5H,3-4,6H2,(H,12,13). The molecule has 1 heterocycles. The van der Waals surface area contributed by atoms with Crippen LogP contribution in [0.5, 0.6) is 0 Å². The molecule has 0 aliphatic carbocycles. The van der Waals surface area contributed by atoms with Crippen molar-refractivity contribution in [1.82, 2.24) is 0 Å². The highest BCUT2D eigenvalue weighted by molar-refractivity contribution is 8.00. The number of carbonyl (C=O) groups excluding carboxylic acids is 1. The molecule has 0 aromatic heterocycles. The van der Waals surface area contributed by atoms with E-state index in [1.165, 1.54) is 5.56 Å². The second-order valence-corrected chi connectivity index (χ2v) is 4.50. The molecule has 74 valence electrons. The van der Waals surface area contributed by atoms with Crippen LogP contribution in [0.4, 0.5) is 5.69 Å². The quantitative estimate of drug-likeness (QED) is 0.787. The van der Waals surface area contributed by atoms with Crippen LogP contribution in [-0.4, -0.2) is 17.5 Å². The summed E-state index contributed by atoms with van der Waals surface area (Å²) in [5.74, 6) is 1.20. The van der Waals surface area contributed by atoms with Crippen molar-refractivity contribution in [2.45, 2.75) is 11.3 Å². The first-order valence-electron chi connectivity index (χ1n) is 4.41. The Labute approximate surface area is 92.0 Å². The summed E-state index contributed by atoms with van der Waals surface area (Å²) in [6.45, 7) is 0. The summed E-state index contributed by atoms with van der Waals surface area (Å²) in [5, 5.41) is 2.86. The number of hydrogen-bond donors (Lipinski definition) is 1. The molecule has 2 nitrogen and oxygen atoms in total. The lowest BCUT2D eigenvalue weighted by molar-refractivity contribution is -0.113. The van der Waals surface area contributed by atoms with Gasteiger partial charge in [0.25, 0.3) is 0 Å². The van der Waals surface area contributed by atoms with Crippen molar-refractivity contribution in [2.75, 3.05) is 16.9 Å². The normalized spacial score (nSPS) is 14.8. The van der Waals surface area contributed by atoms with Crippen molar-refractivity contribution >= 4 is 35.0 Å². The SMILES string of the molecule is O=C1CSc2ccc(CCCl)cc2N1. The van der Waals surface area contributed by atoms with Gasteiger partial charge in [0.1, 0.15) is 0 Å². The third kappa shape index (κ3) is 2.04. The maximum Gasteiger partial charge on any atom is 0.234 e. The van der Waals surface area contributed by atoms with Crippen molar-refractivity contribution in [3.05, 3.63) is 23.8 Å². The molecular weight excluding hydrogens is 218 g/mol. The van der Waals surface area contributed by atoms with E-state index in [0.717, 1.165) is 17.0 Å². The molecule has 1 aromatic carbocycles. The first-order chi connectivity index (χ1) is 6.79. The van der Waals surface area contributed by atoms with Crippen LogP contribution >= 0.6 is 23.4 Å². The molecule has 1 N–H and O–H groups in total. The molecule has 1 aliphatic rings. The summed E-state index contributed by atoms with van der Waals surface area (Å²) in [5.41, 5.74) is 2.09. The van der Waals surface area contributed by atoms with Crippen molar-refractivity contribution in [3.63, 3.8) is 0 Å². The number of aryl methyl sites for hydroxylation is 1. The highest BCUT2D eigenvalue weighted by Gasteiger charge is 2.14. The Hall–Kier alpha value is -0.670. The van der Waals surface area contributed by atoms with Gasteiger partial charge < -0.3 is 5.32 Å². The Morgan fingerprint density at radius 1 is 1.50 bits per heavy atom. The van der Waals surface area contributed by atoms with Crippen LogP contribution in [0, 0.1) is 0 Å². The van der Waals surface area contributed by atoms with Crippen molar-refractivity contribution in [2.24, 2.45) is 0 Å². The molecule has 0 spiro atoms. The molecule has 0 radical (unpaired) electrons. The fourth-order valence-corrected chi connectivity index (χ4v) is 2.40. The lowest BCUT2D eigenvalue weighted by Gasteiger charge is -2.16. The second-order valence-electron chi connectivity index (χ2n) is 3.11. The maximum absolute atomic E-state index is 11.1. The number of carbonyl (C=O) groups is 1. The van der Waals surface area contributed by atoms with Gasteiger partial charge in [-0.05, 0) is 24.1 Å². The number of amides is 1. The molecule has 0 bridgehead atoms. The van der Waals surface area contributed by atoms with E-state index in [1.807, 2.05) is 12.1 Å². The molecule has 0 fully saturated rings. The van der Waals surface area contributed by atoms with Gasteiger partial charge >= 0.3 is 0 Å². The molecule has 2 rings (SSSR count). The van der Waals surface area contributed by atoms with Crippen LogP contribution in [-0.2, 0) is 11.2 Å². The Kier molecular flexibility index (Phi) is 2.99. The third-order valence-electron chi connectivity index (χ3n) is 2.06. The number of hydrogen-bond acceptors (Lipinski definition) is 2. The van der Waals surface area contributed by atoms with Gasteiger partial charge in [0.2, 0.25) is 5.91 Å². The highest BCUT2D eigenvalue weighted by Crippen LogP contribution is 2.31. The Bertz CT molecular complexity index is 367. The Morgan fingerprint density at radius 3 is 3.14 bits per heavy atom. The van der Waals surface area contributed by atoms with Gasteiger partial charge in [-0.1, -0.05) is 6.07 Å². The van der Waals surface area contributed by atoms with Gasteiger partial charge in [-0.25, -0.2) is 0 Å². The van der Waals surface area contributed by atoms with E-state index >= 15 is 0 Å². The largest absolute Gasteiger partial charge is 0.324 e. The van der Waals surface area contributed by atoms with Gasteiger partial charge in [0, 0.05) is 10.8 Å². The van der Waals surface area contributed by atoms with E-state index in [-0.39, 0.29) is 5.91 Å². The minimum Gasteiger partial charge on any atom is -0.324 e. The van der Waals surface area contributed by atoms with Crippen LogP contribution in [0.25, 0.3) is 0 Å².